The third-order valence-electron chi connectivity index (χ3n) is 8.27. The molecule has 2 aromatic carbocycles. The van der Waals surface area contributed by atoms with Crippen LogP contribution in [0.5, 0.6) is 11.5 Å². The number of fused-ring (bicyclic) bond motifs is 7. The second-order valence-corrected chi connectivity index (χ2v) is 10.7. The minimum atomic E-state index is -0.822. The summed E-state index contributed by atoms with van der Waals surface area (Å²) in [6, 6.07) is 8.95. The van der Waals surface area contributed by atoms with E-state index in [1.54, 1.807) is 12.1 Å². The summed E-state index contributed by atoms with van der Waals surface area (Å²) in [5, 5.41) is 4.01. The molecule has 170 valence electrons. The van der Waals surface area contributed by atoms with E-state index < -0.39 is 10.8 Å². The molecule has 1 aromatic heterocycles. The molecule has 2 unspecified atom stereocenters. The Hall–Kier alpha value is -2.57. The Morgan fingerprint density at radius 2 is 1.55 bits per heavy atom. The molecule has 3 aliphatic rings. The number of rotatable bonds is 2. The largest absolute Gasteiger partial charge is 0.486 e. The Morgan fingerprint density at radius 3 is 2.24 bits per heavy atom. The predicted molar refractivity (Wildman–Crippen MR) is 128 cm³/mol. The van der Waals surface area contributed by atoms with Crippen LogP contribution in [0, 0.1) is 5.41 Å². The van der Waals surface area contributed by atoms with Gasteiger partial charge in [-0.05, 0) is 42.5 Å². The van der Waals surface area contributed by atoms with Crippen molar-refractivity contribution in [1.29, 1.82) is 0 Å². The predicted octanol–water partition coefficient (Wildman–Crippen LogP) is 5.68. The van der Waals surface area contributed by atoms with Gasteiger partial charge in [-0.15, -0.1) is 0 Å². The molecule has 1 amide bonds. The zero-order valence-electron chi connectivity index (χ0n) is 18.6. The first-order valence-corrected chi connectivity index (χ1v) is 11.8. The minimum Gasteiger partial charge on any atom is -0.486 e. The van der Waals surface area contributed by atoms with E-state index in [9.17, 15) is 4.79 Å². The molecule has 2 bridgehead atoms. The molecule has 2 aliphatic carbocycles. The third-order valence-corrected chi connectivity index (χ3v) is 8.99. The average Bonchev–Trinajstić information content (AvgIpc) is 3.08. The van der Waals surface area contributed by atoms with Crippen LogP contribution in [0.2, 0.25) is 10.0 Å². The summed E-state index contributed by atoms with van der Waals surface area (Å²) in [4.78, 5) is 24.0. The average molecular weight is 484 g/mol. The van der Waals surface area contributed by atoms with Crippen LogP contribution in [-0.2, 0) is 15.6 Å². The van der Waals surface area contributed by atoms with Gasteiger partial charge in [0.25, 0.3) is 0 Å². The van der Waals surface area contributed by atoms with Crippen molar-refractivity contribution in [3.05, 3.63) is 51.8 Å². The first-order chi connectivity index (χ1) is 15.7. The first kappa shape index (κ1) is 21.0. The number of nitrogens with zero attached hydrogens (tertiary/aromatic N) is 2. The molecule has 0 radical (unpaired) electrons. The number of carbonyl (C=O) groups excluding carboxylic acids is 1. The Kier molecular flexibility index (Phi) is 4.29. The minimum absolute atomic E-state index is 0.0830. The van der Waals surface area contributed by atoms with Gasteiger partial charge < -0.3 is 14.8 Å². The SMILES string of the molecule is CC12CCC(C(=O)Nc3ccc4c(c3)OCCO4)(c3nc4cc(Cl)c(Cl)cc4nc31)C2(C)C. The summed E-state index contributed by atoms with van der Waals surface area (Å²) in [6.45, 7) is 7.50. The standard InChI is InChI=1S/C25H23Cl2N3O3/c1-23(2)24(3)6-7-25(23,21-20(24)29-16-11-14(26)15(27)12-17(16)30-21)22(31)28-13-4-5-18-19(10-13)33-9-8-32-18/h4-5,10-12H,6-9H2,1-3H3,(H,28,31). The normalized spacial score (nSPS) is 26.3. The van der Waals surface area contributed by atoms with Crippen molar-refractivity contribution in [3.8, 4) is 11.5 Å². The molecule has 1 N–H and O–H groups in total. The van der Waals surface area contributed by atoms with Gasteiger partial charge in [0.15, 0.2) is 11.5 Å². The fourth-order valence-corrected chi connectivity index (χ4v) is 6.28. The molecule has 1 fully saturated rings. The fourth-order valence-electron chi connectivity index (χ4n) is 5.96. The fraction of sp³-hybridized carbons (Fsp3) is 0.400. The lowest BCUT2D eigenvalue weighted by Gasteiger charge is -2.39. The van der Waals surface area contributed by atoms with Crippen LogP contribution in [0.3, 0.4) is 0 Å². The molecule has 3 aromatic rings. The summed E-state index contributed by atoms with van der Waals surface area (Å²) >= 11 is 12.5. The maximum absolute atomic E-state index is 14.0. The van der Waals surface area contributed by atoms with E-state index in [0.29, 0.717) is 57.9 Å². The topological polar surface area (TPSA) is 73.3 Å². The van der Waals surface area contributed by atoms with E-state index in [1.165, 1.54) is 0 Å². The van der Waals surface area contributed by atoms with Crippen LogP contribution in [0.4, 0.5) is 5.69 Å². The molecule has 0 saturated heterocycles. The van der Waals surface area contributed by atoms with Crippen molar-refractivity contribution in [2.45, 2.75) is 44.4 Å². The second-order valence-electron chi connectivity index (χ2n) is 9.85. The summed E-state index contributed by atoms with van der Waals surface area (Å²) < 4.78 is 11.3. The number of aromatic nitrogens is 2. The number of benzene rings is 2. The van der Waals surface area contributed by atoms with Crippen molar-refractivity contribution in [2.24, 2.45) is 5.41 Å². The molecule has 33 heavy (non-hydrogen) atoms. The van der Waals surface area contributed by atoms with Gasteiger partial charge in [-0.25, -0.2) is 9.97 Å². The van der Waals surface area contributed by atoms with Crippen molar-refractivity contribution >= 4 is 45.8 Å². The zero-order chi connectivity index (χ0) is 23.2. The summed E-state index contributed by atoms with van der Waals surface area (Å²) in [6.07, 6.45) is 1.55. The highest BCUT2D eigenvalue weighted by molar-refractivity contribution is 6.42. The highest BCUT2D eigenvalue weighted by Gasteiger charge is 2.73. The van der Waals surface area contributed by atoms with Gasteiger partial charge in [0.05, 0.1) is 37.9 Å². The molecule has 8 heteroatoms. The molecule has 1 aliphatic heterocycles. The first-order valence-electron chi connectivity index (χ1n) is 11.1. The lowest BCUT2D eigenvalue weighted by molar-refractivity contribution is -0.125. The van der Waals surface area contributed by atoms with E-state index in [-0.39, 0.29) is 11.3 Å². The van der Waals surface area contributed by atoms with Gasteiger partial charge in [-0.3, -0.25) is 4.79 Å². The van der Waals surface area contributed by atoms with Crippen LogP contribution in [0.1, 0.15) is 45.0 Å². The van der Waals surface area contributed by atoms with Crippen LogP contribution >= 0.6 is 23.2 Å². The van der Waals surface area contributed by atoms with Gasteiger partial charge in [-0.2, -0.15) is 0 Å². The molecule has 6 nitrogen and oxygen atoms in total. The Morgan fingerprint density at radius 1 is 0.909 bits per heavy atom. The van der Waals surface area contributed by atoms with Crippen molar-refractivity contribution in [2.75, 3.05) is 18.5 Å². The highest BCUT2D eigenvalue weighted by Crippen LogP contribution is 2.70. The second kappa shape index (κ2) is 6.73. The van der Waals surface area contributed by atoms with Gasteiger partial charge in [-0.1, -0.05) is 44.0 Å². The van der Waals surface area contributed by atoms with Gasteiger partial charge in [0, 0.05) is 17.2 Å². The van der Waals surface area contributed by atoms with Crippen molar-refractivity contribution in [3.63, 3.8) is 0 Å². The summed E-state index contributed by atoms with van der Waals surface area (Å²) in [5.74, 6) is 1.24. The van der Waals surface area contributed by atoms with Crippen molar-refractivity contribution in [1.82, 2.24) is 9.97 Å². The van der Waals surface area contributed by atoms with E-state index in [0.717, 1.165) is 17.8 Å². The molecule has 0 spiro atoms. The van der Waals surface area contributed by atoms with Gasteiger partial charge in [0.2, 0.25) is 5.91 Å². The highest BCUT2D eigenvalue weighted by atomic mass is 35.5. The Balaban J connectivity index is 1.48. The number of ether oxygens (including phenoxy) is 2. The third kappa shape index (κ3) is 2.59. The van der Waals surface area contributed by atoms with E-state index in [4.69, 9.17) is 42.6 Å². The smallest absolute Gasteiger partial charge is 0.237 e. The van der Waals surface area contributed by atoms with Crippen LogP contribution in [0.25, 0.3) is 11.0 Å². The molecule has 6 rings (SSSR count). The lowest BCUT2D eigenvalue weighted by Crippen LogP contribution is -2.48. The maximum atomic E-state index is 14.0. The number of amides is 1. The van der Waals surface area contributed by atoms with Gasteiger partial charge >= 0.3 is 0 Å². The van der Waals surface area contributed by atoms with E-state index >= 15 is 0 Å². The number of hydrogen-bond donors (Lipinski definition) is 1. The number of carbonyl (C=O) groups is 1. The maximum Gasteiger partial charge on any atom is 0.237 e. The van der Waals surface area contributed by atoms with Crippen LogP contribution in [0.15, 0.2) is 30.3 Å². The molecule has 1 saturated carbocycles. The summed E-state index contributed by atoms with van der Waals surface area (Å²) in [5.41, 5.74) is 2.10. The number of hydrogen-bond acceptors (Lipinski definition) is 5. The zero-order valence-corrected chi connectivity index (χ0v) is 20.1. The van der Waals surface area contributed by atoms with Crippen molar-refractivity contribution < 1.29 is 14.3 Å². The Labute approximate surface area is 201 Å². The summed E-state index contributed by atoms with van der Waals surface area (Å²) in [7, 11) is 0. The molecular weight excluding hydrogens is 461 g/mol. The number of halogens is 2. The lowest BCUT2D eigenvalue weighted by atomic mass is 9.63. The van der Waals surface area contributed by atoms with Crippen LogP contribution in [-0.4, -0.2) is 29.1 Å². The Bertz CT molecular complexity index is 1360. The van der Waals surface area contributed by atoms with Crippen LogP contribution < -0.4 is 14.8 Å². The number of nitrogens with one attached hydrogen (secondary N) is 1. The monoisotopic (exact) mass is 483 g/mol. The molecular formula is C25H23Cl2N3O3. The molecule has 2 heterocycles. The quantitative estimate of drug-likeness (QED) is 0.507. The number of anilines is 1. The van der Waals surface area contributed by atoms with E-state index in [1.807, 2.05) is 18.2 Å². The van der Waals surface area contributed by atoms with E-state index in [2.05, 4.69) is 26.1 Å². The van der Waals surface area contributed by atoms with Gasteiger partial charge in [0.1, 0.15) is 13.2 Å². The molecule has 2 atom stereocenters.